The molecule has 1 amide bonds. The molecule has 0 bridgehead atoms. The summed E-state index contributed by atoms with van der Waals surface area (Å²) in [7, 11) is 0. The summed E-state index contributed by atoms with van der Waals surface area (Å²) in [6, 6.07) is 6.65. The minimum absolute atomic E-state index is 0.278. The van der Waals surface area contributed by atoms with Crippen LogP contribution in [0.15, 0.2) is 36.8 Å². The van der Waals surface area contributed by atoms with Crippen molar-refractivity contribution in [1.29, 1.82) is 0 Å². The molecular formula is C25H36N6O. The van der Waals surface area contributed by atoms with Gasteiger partial charge in [0.05, 0.1) is 18.4 Å². The average Bonchev–Trinajstić information content (AvgIpc) is 2.81. The highest BCUT2D eigenvalue weighted by Gasteiger charge is 2.30. The number of carbonyl (C=O) groups is 1. The van der Waals surface area contributed by atoms with E-state index in [2.05, 4.69) is 50.0 Å². The maximum atomic E-state index is 13.1. The van der Waals surface area contributed by atoms with Gasteiger partial charge in [-0.05, 0) is 70.8 Å². The first kappa shape index (κ1) is 22.6. The molecule has 1 saturated heterocycles. The van der Waals surface area contributed by atoms with Gasteiger partial charge in [0, 0.05) is 36.1 Å². The van der Waals surface area contributed by atoms with E-state index in [1.807, 2.05) is 12.3 Å². The van der Waals surface area contributed by atoms with Crippen LogP contribution in [-0.4, -0.2) is 62.4 Å². The van der Waals surface area contributed by atoms with Crippen molar-refractivity contribution in [3.63, 3.8) is 0 Å². The molecular weight excluding hydrogens is 400 g/mol. The quantitative estimate of drug-likeness (QED) is 0.695. The third kappa shape index (κ3) is 5.82. The second-order valence-corrected chi connectivity index (χ2v) is 9.41. The molecule has 1 aliphatic heterocycles. The van der Waals surface area contributed by atoms with Gasteiger partial charge < -0.3 is 10.2 Å². The summed E-state index contributed by atoms with van der Waals surface area (Å²) in [4.78, 5) is 30.7. The highest BCUT2D eigenvalue weighted by molar-refractivity contribution is 5.79. The Morgan fingerprint density at radius 2 is 1.78 bits per heavy atom. The third-order valence-corrected chi connectivity index (χ3v) is 6.79. The molecule has 0 spiro atoms. The average molecular weight is 437 g/mol. The molecule has 2 aromatic rings. The van der Waals surface area contributed by atoms with Crippen LogP contribution in [-0.2, 0) is 4.79 Å². The monoisotopic (exact) mass is 436 g/mol. The zero-order chi connectivity index (χ0) is 22.3. The number of nitrogens with zero attached hydrogens (tertiary/aromatic N) is 5. The van der Waals surface area contributed by atoms with E-state index in [1.165, 1.54) is 32.1 Å². The standard InChI is InChI=1S/C25H36N6O/c1-19(2)31(22-7-4-3-5-8-22)24(32)18-30-15-11-20(12-16-30)23-10-9-21(17-28-23)29-25-26-13-6-14-27-25/h6,9-10,13-14,17,19-20,22H,3-5,7-8,11-12,15-16,18H2,1-2H3,(H,26,27,29). The van der Waals surface area contributed by atoms with E-state index < -0.39 is 0 Å². The number of piperidine rings is 1. The summed E-state index contributed by atoms with van der Waals surface area (Å²) in [6.45, 7) is 6.77. The largest absolute Gasteiger partial charge is 0.336 e. The number of hydrogen-bond acceptors (Lipinski definition) is 6. The first-order valence-corrected chi connectivity index (χ1v) is 12.1. The minimum Gasteiger partial charge on any atom is -0.336 e. The molecule has 3 heterocycles. The predicted octanol–water partition coefficient (Wildman–Crippen LogP) is 4.36. The summed E-state index contributed by atoms with van der Waals surface area (Å²) < 4.78 is 0. The first-order valence-electron chi connectivity index (χ1n) is 12.1. The summed E-state index contributed by atoms with van der Waals surface area (Å²) in [5.41, 5.74) is 2.01. The van der Waals surface area contributed by atoms with Crippen molar-refractivity contribution < 1.29 is 4.79 Å². The van der Waals surface area contributed by atoms with Crippen LogP contribution in [0.1, 0.15) is 70.4 Å². The van der Waals surface area contributed by atoms with Gasteiger partial charge in [-0.25, -0.2) is 9.97 Å². The van der Waals surface area contributed by atoms with Crippen molar-refractivity contribution in [2.24, 2.45) is 0 Å². The SMILES string of the molecule is CC(C)N(C(=O)CN1CCC(c2ccc(Nc3ncccn3)cn2)CC1)C1CCCCC1. The van der Waals surface area contributed by atoms with E-state index in [9.17, 15) is 4.79 Å². The second-order valence-electron chi connectivity index (χ2n) is 9.41. The van der Waals surface area contributed by atoms with Gasteiger partial charge in [-0.15, -0.1) is 0 Å². The number of rotatable bonds is 7. The molecule has 172 valence electrons. The molecule has 1 aliphatic carbocycles. The van der Waals surface area contributed by atoms with Gasteiger partial charge in [-0.3, -0.25) is 14.7 Å². The van der Waals surface area contributed by atoms with E-state index in [0.29, 0.717) is 30.4 Å². The molecule has 32 heavy (non-hydrogen) atoms. The Hall–Kier alpha value is -2.54. The lowest BCUT2D eigenvalue weighted by Gasteiger charge is -2.39. The molecule has 2 fully saturated rings. The topological polar surface area (TPSA) is 74.2 Å². The van der Waals surface area contributed by atoms with Crippen molar-refractivity contribution in [2.45, 2.75) is 76.8 Å². The molecule has 1 saturated carbocycles. The summed E-state index contributed by atoms with van der Waals surface area (Å²) in [5, 5.41) is 3.17. The third-order valence-electron chi connectivity index (χ3n) is 6.79. The molecule has 1 N–H and O–H groups in total. The van der Waals surface area contributed by atoms with Gasteiger partial charge >= 0.3 is 0 Å². The number of hydrogen-bond donors (Lipinski definition) is 1. The van der Waals surface area contributed by atoms with Crippen molar-refractivity contribution in [3.05, 3.63) is 42.5 Å². The highest BCUT2D eigenvalue weighted by Crippen LogP contribution is 2.28. The molecule has 4 rings (SSSR count). The number of anilines is 2. The Balaban J connectivity index is 1.27. The van der Waals surface area contributed by atoms with E-state index in [1.54, 1.807) is 18.5 Å². The van der Waals surface area contributed by atoms with Crippen LogP contribution in [0.25, 0.3) is 0 Å². The fraction of sp³-hybridized carbons (Fsp3) is 0.600. The maximum absolute atomic E-state index is 13.1. The van der Waals surface area contributed by atoms with Crippen LogP contribution < -0.4 is 5.32 Å². The highest BCUT2D eigenvalue weighted by atomic mass is 16.2. The smallest absolute Gasteiger partial charge is 0.237 e. The van der Waals surface area contributed by atoms with E-state index in [-0.39, 0.29) is 6.04 Å². The van der Waals surface area contributed by atoms with Crippen LogP contribution >= 0.6 is 0 Å². The second kappa shape index (κ2) is 10.9. The summed E-state index contributed by atoms with van der Waals surface area (Å²) in [5.74, 6) is 1.33. The maximum Gasteiger partial charge on any atom is 0.237 e. The van der Waals surface area contributed by atoms with Gasteiger partial charge in [0.1, 0.15) is 0 Å². The Kier molecular flexibility index (Phi) is 7.68. The van der Waals surface area contributed by atoms with E-state index >= 15 is 0 Å². The Labute approximate surface area is 191 Å². The molecule has 2 aliphatic rings. The van der Waals surface area contributed by atoms with Gasteiger partial charge in [0.15, 0.2) is 0 Å². The number of nitrogens with one attached hydrogen (secondary N) is 1. The normalized spacial score (nSPS) is 18.6. The van der Waals surface area contributed by atoms with Crippen LogP contribution in [0.4, 0.5) is 11.6 Å². The molecule has 0 radical (unpaired) electrons. The van der Waals surface area contributed by atoms with Crippen LogP contribution in [0.2, 0.25) is 0 Å². The number of pyridine rings is 1. The molecule has 0 atom stereocenters. The fourth-order valence-electron chi connectivity index (χ4n) is 5.15. The zero-order valence-corrected chi connectivity index (χ0v) is 19.4. The molecule has 7 nitrogen and oxygen atoms in total. The van der Waals surface area contributed by atoms with Crippen molar-refractivity contribution >= 4 is 17.5 Å². The number of likely N-dealkylation sites (tertiary alicyclic amines) is 1. The molecule has 7 heteroatoms. The molecule has 0 aromatic carbocycles. The fourth-order valence-corrected chi connectivity index (χ4v) is 5.15. The van der Waals surface area contributed by atoms with Crippen molar-refractivity contribution in [2.75, 3.05) is 25.0 Å². The summed E-state index contributed by atoms with van der Waals surface area (Å²) in [6.07, 6.45) is 13.5. The zero-order valence-electron chi connectivity index (χ0n) is 19.4. The lowest BCUT2D eigenvalue weighted by molar-refractivity contribution is -0.137. The Morgan fingerprint density at radius 1 is 1.06 bits per heavy atom. The van der Waals surface area contributed by atoms with Crippen LogP contribution in [0.3, 0.4) is 0 Å². The first-order chi connectivity index (χ1) is 15.6. The molecule has 0 unspecified atom stereocenters. The Morgan fingerprint density at radius 3 is 2.41 bits per heavy atom. The van der Waals surface area contributed by atoms with E-state index in [4.69, 9.17) is 0 Å². The van der Waals surface area contributed by atoms with Gasteiger partial charge in [-0.1, -0.05) is 19.3 Å². The Bertz CT molecular complexity index is 842. The minimum atomic E-state index is 0.278. The van der Waals surface area contributed by atoms with Crippen LogP contribution in [0, 0.1) is 0 Å². The lowest BCUT2D eigenvalue weighted by atomic mass is 9.92. The van der Waals surface area contributed by atoms with Crippen LogP contribution in [0.5, 0.6) is 0 Å². The van der Waals surface area contributed by atoms with Gasteiger partial charge in [-0.2, -0.15) is 0 Å². The molecule has 2 aromatic heterocycles. The van der Waals surface area contributed by atoms with Crippen molar-refractivity contribution in [3.8, 4) is 0 Å². The number of carbonyl (C=O) groups excluding carboxylic acids is 1. The van der Waals surface area contributed by atoms with Gasteiger partial charge in [0.25, 0.3) is 0 Å². The number of amides is 1. The van der Waals surface area contributed by atoms with Gasteiger partial charge in [0.2, 0.25) is 11.9 Å². The van der Waals surface area contributed by atoms with E-state index in [0.717, 1.165) is 37.3 Å². The van der Waals surface area contributed by atoms with Crippen molar-refractivity contribution in [1.82, 2.24) is 24.8 Å². The summed E-state index contributed by atoms with van der Waals surface area (Å²) >= 11 is 0. The number of aromatic nitrogens is 3. The lowest BCUT2D eigenvalue weighted by Crippen LogP contribution is -2.50. The predicted molar refractivity (Wildman–Crippen MR) is 127 cm³/mol.